The smallest absolute Gasteiger partial charge is 0.332 e. The van der Waals surface area contributed by atoms with Crippen molar-refractivity contribution in [3.63, 3.8) is 0 Å². The third kappa shape index (κ3) is 4.49. The molecule has 1 N–H and O–H groups in total. The van der Waals surface area contributed by atoms with E-state index >= 15 is 0 Å². The molecular formula is C24H21FN4O3. The van der Waals surface area contributed by atoms with Gasteiger partial charge in [-0.3, -0.25) is 18.7 Å². The number of halogens is 1. The van der Waals surface area contributed by atoms with Gasteiger partial charge >= 0.3 is 5.69 Å². The van der Waals surface area contributed by atoms with E-state index in [1.165, 1.54) is 35.0 Å². The Kier molecular flexibility index (Phi) is 5.93. The normalized spacial score (nSPS) is 10.9. The minimum absolute atomic E-state index is 0.0601. The van der Waals surface area contributed by atoms with Gasteiger partial charge in [-0.15, -0.1) is 0 Å². The van der Waals surface area contributed by atoms with Gasteiger partial charge in [-0.05, 0) is 42.3 Å². The molecule has 0 unspecified atom stereocenters. The molecule has 0 atom stereocenters. The fourth-order valence-electron chi connectivity index (χ4n) is 3.41. The van der Waals surface area contributed by atoms with E-state index in [2.05, 4.69) is 10.3 Å². The van der Waals surface area contributed by atoms with E-state index in [1.807, 2.05) is 31.2 Å². The molecule has 1 amide bonds. The van der Waals surface area contributed by atoms with Gasteiger partial charge in [0.05, 0.1) is 12.1 Å². The molecule has 32 heavy (non-hydrogen) atoms. The number of aryl methyl sites for hydroxylation is 1. The molecule has 0 spiro atoms. The van der Waals surface area contributed by atoms with Crippen molar-refractivity contribution in [2.45, 2.75) is 26.6 Å². The van der Waals surface area contributed by atoms with E-state index in [1.54, 1.807) is 12.1 Å². The molecule has 0 aliphatic rings. The Labute approximate surface area is 182 Å². The van der Waals surface area contributed by atoms with Crippen LogP contribution in [0.15, 0.2) is 76.4 Å². The van der Waals surface area contributed by atoms with E-state index in [4.69, 9.17) is 0 Å². The maximum atomic E-state index is 13.2. The van der Waals surface area contributed by atoms with Crippen molar-refractivity contribution in [3.8, 4) is 0 Å². The van der Waals surface area contributed by atoms with Gasteiger partial charge in [0.2, 0.25) is 5.91 Å². The maximum absolute atomic E-state index is 13.2. The lowest BCUT2D eigenvalue weighted by atomic mass is 10.1. The highest BCUT2D eigenvalue weighted by molar-refractivity contribution is 5.79. The zero-order chi connectivity index (χ0) is 22.7. The number of fused-ring (bicyclic) bond motifs is 1. The predicted octanol–water partition coefficient (Wildman–Crippen LogP) is 2.37. The summed E-state index contributed by atoms with van der Waals surface area (Å²) in [6, 6.07) is 16.5. The van der Waals surface area contributed by atoms with E-state index in [9.17, 15) is 18.8 Å². The first kappa shape index (κ1) is 21.2. The van der Waals surface area contributed by atoms with Crippen LogP contribution in [-0.2, 0) is 24.4 Å². The average Bonchev–Trinajstić information content (AvgIpc) is 2.80. The molecule has 7 nitrogen and oxygen atoms in total. The molecule has 0 radical (unpaired) electrons. The Morgan fingerprint density at radius 2 is 1.66 bits per heavy atom. The second-order valence-electron chi connectivity index (χ2n) is 7.52. The lowest BCUT2D eigenvalue weighted by Crippen LogP contribution is -2.43. The minimum Gasteiger partial charge on any atom is -0.350 e. The van der Waals surface area contributed by atoms with Crippen LogP contribution in [0.3, 0.4) is 0 Å². The molecule has 2 heterocycles. The van der Waals surface area contributed by atoms with Gasteiger partial charge in [-0.2, -0.15) is 0 Å². The highest BCUT2D eigenvalue weighted by Gasteiger charge is 2.16. The van der Waals surface area contributed by atoms with Crippen molar-refractivity contribution >= 4 is 16.9 Å². The van der Waals surface area contributed by atoms with Crippen LogP contribution in [0.1, 0.15) is 16.7 Å². The minimum atomic E-state index is -0.634. The molecule has 0 saturated heterocycles. The molecular weight excluding hydrogens is 411 g/mol. The molecule has 0 aliphatic carbocycles. The molecule has 4 aromatic rings. The van der Waals surface area contributed by atoms with Crippen molar-refractivity contribution in [2.75, 3.05) is 0 Å². The van der Waals surface area contributed by atoms with E-state index in [0.29, 0.717) is 12.1 Å². The fraction of sp³-hybridized carbons (Fsp3) is 0.167. The first-order valence-electron chi connectivity index (χ1n) is 10.1. The number of carbonyl (C=O) groups excluding carboxylic acids is 1. The second kappa shape index (κ2) is 8.97. The van der Waals surface area contributed by atoms with Crippen molar-refractivity contribution in [1.29, 1.82) is 0 Å². The molecule has 162 valence electrons. The number of aromatic nitrogens is 3. The number of carbonyl (C=O) groups is 1. The summed E-state index contributed by atoms with van der Waals surface area (Å²) in [7, 11) is 0. The van der Waals surface area contributed by atoms with E-state index in [-0.39, 0.29) is 30.0 Å². The number of pyridine rings is 1. The summed E-state index contributed by atoms with van der Waals surface area (Å²) in [5.74, 6) is -0.784. The van der Waals surface area contributed by atoms with Crippen molar-refractivity contribution < 1.29 is 9.18 Å². The number of rotatable bonds is 6. The predicted molar refractivity (Wildman–Crippen MR) is 119 cm³/mol. The largest absolute Gasteiger partial charge is 0.350 e. The van der Waals surface area contributed by atoms with E-state index < -0.39 is 17.1 Å². The molecule has 0 bridgehead atoms. The topological polar surface area (TPSA) is 86.0 Å². The first-order chi connectivity index (χ1) is 15.4. The summed E-state index contributed by atoms with van der Waals surface area (Å²) in [5, 5.41) is 2.80. The number of nitrogens with one attached hydrogen (secondary N) is 1. The van der Waals surface area contributed by atoms with Gasteiger partial charge in [0.15, 0.2) is 5.52 Å². The lowest BCUT2D eigenvalue weighted by molar-refractivity contribution is -0.121. The Morgan fingerprint density at radius 3 is 2.38 bits per heavy atom. The van der Waals surface area contributed by atoms with Gasteiger partial charge in [0, 0.05) is 12.7 Å². The Bertz CT molecular complexity index is 1390. The molecule has 0 aliphatic heterocycles. The Hall–Kier alpha value is -4.07. The SMILES string of the molecule is Cc1ccc(CNC(=O)Cn2c(=O)n(Cc3ccc(F)cc3)c(=O)c3ncccc32)cc1. The van der Waals surface area contributed by atoms with Crippen molar-refractivity contribution in [2.24, 2.45) is 0 Å². The summed E-state index contributed by atoms with van der Waals surface area (Å²) in [5.41, 5.74) is 1.80. The second-order valence-corrected chi connectivity index (χ2v) is 7.52. The maximum Gasteiger partial charge on any atom is 0.332 e. The third-order valence-corrected chi connectivity index (χ3v) is 5.15. The number of hydrogen-bond acceptors (Lipinski definition) is 4. The number of benzene rings is 2. The summed E-state index contributed by atoms with van der Waals surface area (Å²) >= 11 is 0. The quantitative estimate of drug-likeness (QED) is 0.507. The summed E-state index contributed by atoms with van der Waals surface area (Å²) in [6.07, 6.45) is 1.46. The van der Waals surface area contributed by atoms with Crippen LogP contribution >= 0.6 is 0 Å². The average molecular weight is 432 g/mol. The van der Waals surface area contributed by atoms with Crippen LogP contribution in [0.5, 0.6) is 0 Å². The monoisotopic (exact) mass is 432 g/mol. The van der Waals surface area contributed by atoms with Gasteiger partial charge in [-0.25, -0.2) is 14.2 Å². The van der Waals surface area contributed by atoms with Crippen LogP contribution in [0.2, 0.25) is 0 Å². The highest BCUT2D eigenvalue weighted by atomic mass is 19.1. The van der Waals surface area contributed by atoms with Crippen LogP contribution < -0.4 is 16.6 Å². The zero-order valence-corrected chi connectivity index (χ0v) is 17.4. The van der Waals surface area contributed by atoms with Gasteiger partial charge in [-0.1, -0.05) is 42.0 Å². The summed E-state index contributed by atoms with van der Waals surface area (Å²) in [6.45, 7) is 1.97. The Balaban J connectivity index is 1.66. The third-order valence-electron chi connectivity index (χ3n) is 5.15. The van der Waals surface area contributed by atoms with Crippen LogP contribution in [-0.4, -0.2) is 20.0 Å². The molecule has 8 heteroatoms. The van der Waals surface area contributed by atoms with Crippen molar-refractivity contribution in [1.82, 2.24) is 19.4 Å². The van der Waals surface area contributed by atoms with E-state index in [0.717, 1.165) is 15.7 Å². The summed E-state index contributed by atoms with van der Waals surface area (Å²) in [4.78, 5) is 42.8. The van der Waals surface area contributed by atoms with Gasteiger partial charge in [0.1, 0.15) is 12.4 Å². The lowest BCUT2D eigenvalue weighted by Gasteiger charge is -2.14. The van der Waals surface area contributed by atoms with Crippen molar-refractivity contribution in [3.05, 3.63) is 110 Å². The molecule has 2 aromatic heterocycles. The van der Waals surface area contributed by atoms with Gasteiger partial charge in [0.25, 0.3) is 5.56 Å². The molecule has 0 saturated carbocycles. The molecule has 4 rings (SSSR count). The number of hydrogen-bond donors (Lipinski definition) is 1. The standard InChI is InChI=1S/C24H21FN4O3/c1-16-4-6-17(7-5-16)13-27-21(30)15-28-20-3-2-12-26-22(20)23(31)29(24(28)32)14-18-8-10-19(25)11-9-18/h2-12H,13-15H2,1H3,(H,27,30). The van der Waals surface area contributed by atoms with Crippen LogP contribution in [0.4, 0.5) is 4.39 Å². The van der Waals surface area contributed by atoms with Crippen LogP contribution in [0, 0.1) is 12.7 Å². The summed E-state index contributed by atoms with van der Waals surface area (Å²) < 4.78 is 15.5. The molecule has 0 fully saturated rings. The zero-order valence-electron chi connectivity index (χ0n) is 17.4. The number of nitrogens with zero attached hydrogens (tertiary/aromatic N) is 3. The number of amides is 1. The first-order valence-corrected chi connectivity index (χ1v) is 10.1. The molecule has 2 aromatic carbocycles. The fourth-order valence-corrected chi connectivity index (χ4v) is 3.41. The van der Waals surface area contributed by atoms with Gasteiger partial charge < -0.3 is 5.32 Å². The van der Waals surface area contributed by atoms with Crippen LogP contribution in [0.25, 0.3) is 11.0 Å². The highest BCUT2D eigenvalue weighted by Crippen LogP contribution is 2.08. The Morgan fingerprint density at radius 1 is 0.969 bits per heavy atom.